The molecular formula is C19H20O5Pr. The first-order valence-electron chi connectivity index (χ1n) is 7.51. The third-order valence-corrected chi connectivity index (χ3v) is 3.26. The molecular weight excluding hydrogens is 449 g/mol. The second-order valence-corrected chi connectivity index (χ2v) is 5.01. The van der Waals surface area contributed by atoms with Gasteiger partial charge in [-0.2, -0.15) is 0 Å². The van der Waals surface area contributed by atoms with E-state index in [1.165, 1.54) is 26.4 Å². The van der Waals surface area contributed by atoms with Crippen LogP contribution in [0.5, 0.6) is 28.7 Å². The molecule has 0 saturated heterocycles. The monoisotopic (exact) mass is 469 g/mol. The minimum atomic E-state index is 0. The van der Waals surface area contributed by atoms with Crippen molar-refractivity contribution in [3.63, 3.8) is 0 Å². The number of phenols is 2. The van der Waals surface area contributed by atoms with Gasteiger partial charge < -0.3 is 24.4 Å². The summed E-state index contributed by atoms with van der Waals surface area (Å²) in [6, 6.07) is 7.96. The second kappa shape index (κ2) is 10.4. The predicted octanol–water partition coefficient (Wildman–Crippen LogP) is 3.30. The Morgan fingerprint density at radius 1 is 0.880 bits per heavy atom. The fourth-order valence-electron chi connectivity index (χ4n) is 2.04. The van der Waals surface area contributed by atoms with Crippen molar-refractivity contribution in [1.29, 1.82) is 0 Å². The SMILES string of the molecule is CCCOc1cc(O)c(C#Cc2ccc(OC)c(O)c2)cc1OC.[Pr]. The van der Waals surface area contributed by atoms with Crippen LogP contribution in [-0.4, -0.2) is 31.0 Å². The summed E-state index contributed by atoms with van der Waals surface area (Å²) < 4.78 is 15.8. The Morgan fingerprint density at radius 2 is 1.60 bits per heavy atom. The first-order chi connectivity index (χ1) is 11.6. The molecule has 0 saturated carbocycles. The van der Waals surface area contributed by atoms with Gasteiger partial charge >= 0.3 is 0 Å². The van der Waals surface area contributed by atoms with Gasteiger partial charge in [0.05, 0.1) is 26.4 Å². The van der Waals surface area contributed by atoms with Crippen molar-refractivity contribution < 1.29 is 65.7 Å². The van der Waals surface area contributed by atoms with Crippen molar-refractivity contribution in [2.45, 2.75) is 13.3 Å². The summed E-state index contributed by atoms with van der Waals surface area (Å²) in [5.74, 6) is 7.12. The van der Waals surface area contributed by atoms with E-state index in [4.69, 9.17) is 14.2 Å². The molecule has 0 fully saturated rings. The first-order valence-corrected chi connectivity index (χ1v) is 7.51. The summed E-state index contributed by atoms with van der Waals surface area (Å²) in [6.07, 6.45) is 0.854. The molecule has 2 aromatic carbocycles. The smallest absolute Gasteiger partial charge is 0.164 e. The Bertz CT molecular complexity index is 777. The Morgan fingerprint density at radius 3 is 2.20 bits per heavy atom. The van der Waals surface area contributed by atoms with Crippen molar-refractivity contribution in [3.8, 4) is 40.6 Å². The largest absolute Gasteiger partial charge is 0.506 e. The molecule has 129 valence electrons. The maximum absolute atomic E-state index is 10.1. The predicted molar refractivity (Wildman–Crippen MR) is 91.1 cm³/mol. The molecule has 0 aliphatic heterocycles. The average molecular weight is 469 g/mol. The maximum atomic E-state index is 10.1. The second-order valence-electron chi connectivity index (χ2n) is 5.01. The minimum Gasteiger partial charge on any atom is -0.506 e. The minimum absolute atomic E-state index is 0. The van der Waals surface area contributed by atoms with E-state index in [9.17, 15) is 10.2 Å². The van der Waals surface area contributed by atoms with Crippen LogP contribution in [0.25, 0.3) is 0 Å². The molecule has 0 heterocycles. The van der Waals surface area contributed by atoms with Gasteiger partial charge in [-0.25, -0.2) is 0 Å². The molecule has 5 nitrogen and oxygen atoms in total. The fourth-order valence-corrected chi connectivity index (χ4v) is 2.04. The number of rotatable bonds is 5. The van der Waals surface area contributed by atoms with Crippen LogP contribution in [0.4, 0.5) is 0 Å². The van der Waals surface area contributed by atoms with E-state index >= 15 is 0 Å². The zero-order valence-electron chi connectivity index (χ0n) is 14.5. The number of phenolic OH excluding ortho intramolecular Hbond substituents is 2. The Hall–Kier alpha value is -1.64. The molecule has 25 heavy (non-hydrogen) atoms. The number of hydrogen-bond donors (Lipinski definition) is 2. The number of ether oxygens (including phenoxy) is 3. The number of methoxy groups -OCH3 is 2. The summed E-state index contributed by atoms with van der Waals surface area (Å²) in [7, 11) is 3.01. The topological polar surface area (TPSA) is 68.2 Å². The Kier molecular flexibility index (Phi) is 8.88. The van der Waals surface area contributed by atoms with Gasteiger partial charge in [0.1, 0.15) is 5.75 Å². The van der Waals surface area contributed by atoms with Crippen LogP contribution in [-0.2, 0) is 0 Å². The van der Waals surface area contributed by atoms with Crippen molar-refractivity contribution in [2.24, 2.45) is 0 Å². The van der Waals surface area contributed by atoms with Gasteiger partial charge in [-0.1, -0.05) is 18.8 Å². The fraction of sp³-hybridized carbons (Fsp3) is 0.263. The van der Waals surface area contributed by atoms with E-state index in [2.05, 4.69) is 11.8 Å². The van der Waals surface area contributed by atoms with Crippen molar-refractivity contribution in [3.05, 3.63) is 41.5 Å². The van der Waals surface area contributed by atoms with E-state index in [1.54, 1.807) is 18.2 Å². The zero-order chi connectivity index (χ0) is 17.5. The molecule has 0 atom stereocenters. The molecule has 2 rings (SSSR count). The molecule has 0 bridgehead atoms. The molecule has 2 aromatic rings. The van der Waals surface area contributed by atoms with Crippen molar-refractivity contribution >= 4 is 0 Å². The van der Waals surface area contributed by atoms with E-state index in [0.717, 1.165) is 6.42 Å². The Labute approximate surface area is 180 Å². The van der Waals surface area contributed by atoms with E-state index in [-0.39, 0.29) is 52.8 Å². The summed E-state index contributed by atoms with van der Waals surface area (Å²) in [6.45, 7) is 2.53. The summed E-state index contributed by atoms with van der Waals surface area (Å²) >= 11 is 0. The molecule has 6 heteroatoms. The molecule has 0 aromatic heterocycles. The van der Waals surface area contributed by atoms with Crippen LogP contribution in [0.3, 0.4) is 0 Å². The van der Waals surface area contributed by atoms with Crippen LogP contribution in [0, 0.1) is 53.1 Å². The van der Waals surface area contributed by atoms with Crippen molar-refractivity contribution in [2.75, 3.05) is 20.8 Å². The third kappa shape index (κ3) is 5.69. The summed E-state index contributed by atoms with van der Waals surface area (Å²) in [5.41, 5.74) is 1.00. The Balaban J connectivity index is 0.00000312. The van der Waals surface area contributed by atoms with E-state index < -0.39 is 0 Å². The molecule has 0 aliphatic rings. The van der Waals surface area contributed by atoms with Crippen LogP contribution < -0.4 is 14.2 Å². The van der Waals surface area contributed by atoms with Gasteiger partial charge in [-0.05, 0) is 24.6 Å². The van der Waals surface area contributed by atoms with Gasteiger partial charge in [-0.3, -0.25) is 0 Å². The normalized spacial score (nSPS) is 9.40. The van der Waals surface area contributed by atoms with Crippen molar-refractivity contribution in [1.82, 2.24) is 0 Å². The zero-order valence-corrected chi connectivity index (χ0v) is 18.2. The van der Waals surface area contributed by atoms with Crippen LogP contribution in [0.15, 0.2) is 30.3 Å². The standard InChI is InChI=1S/C19H20O5.Pr/c1-4-9-24-19-12-15(20)14(11-18(19)23-3)7-5-13-6-8-17(22-2)16(21)10-13;/h6,8,10-12,20-21H,4,9H2,1-3H3;. The molecule has 1 radical (unpaired) electrons. The molecule has 0 spiro atoms. The third-order valence-electron chi connectivity index (χ3n) is 3.26. The molecule has 0 amide bonds. The van der Waals surface area contributed by atoms with Gasteiger partial charge in [0.15, 0.2) is 23.0 Å². The first kappa shape index (κ1) is 21.4. The summed E-state index contributed by atoms with van der Waals surface area (Å²) in [5, 5.41) is 19.9. The quantitative estimate of drug-likeness (QED) is 0.659. The molecule has 0 unspecified atom stereocenters. The average Bonchev–Trinajstić information content (AvgIpc) is 2.59. The van der Waals surface area contributed by atoms with Gasteiger partial charge in [0, 0.05) is 59.0 Å². The number of aromatic hydroxyl groups is 2. The summed E-state index contributed by atoms with van der Waals surface area (Å²) in [4.78, 5) is 0. The van der Waals surface area contributed by atoms with Gasteiger partial charge in [0.2, 0.25) is 0 Å². The number of hydrogen-bond acceptors (Lipinski definition) is 5. The van der Waals surface area contributed by atoms with E-state index in [0.29, 0.717) is 35.0 Å². The maximum Gasteiger partial charge on any atom is 0.164 e. The van der Waals surface area contributed by atoms with Gasteiger partial charge in [0.25, 0.3) is 0 Å². The number of benzene rings is 2. The van der Waals surface area contributed by atoms with E-state index in [1.807, 2.05) is 6.92 Å². The van der Waals surface area contributed by atoms with Crippen LogP contribution in [0.2, 0.25) is 0 Å². The van der Waals surface area contributed by atoms with Gasteiger partial charge in [-0.15, -0.1) is 0 Å². The van der Waals surface area contributed by atoms with Crippen LogP contribution >= 0.6 is 0 Å². The molecule has 0 aliphatic carbocycles. The molecule has 2 N–H and O–H groups in total. The van der Waals surface area contributed by atoms with Crippen LogP contribution in [0.1, 0.15) is 24.5 Å².